The molecule has 30 heavy (non-hydrogen) atoms. The second-order valence-corrected chi connectivity index (χ2v) is 9.75. The van der Waals surface area contributed by atoms with Crippen LogP contribution in [0.5, 0.6) is 0 Å². The molecule has 1 aliphatic carbocycles. The Balaban J connectivity index is 1.53. The van der Waals surface area contributed by atoms with Crippen LogP contribution in [0.25, 0.3) is 0 Å². The zero-order valence-electron chi connectivity index (χ0n) is 17.5. The number of nitrogens with two attached hydrogens (primary N) is 1. The Bertz CT molecular complexity index is 889. The van der Waals surface area contributed by atoms with Crippen LogP contribution in [0.2, 0.25) is 0 Å². The third kappa shape index (κ3) is 5.72. The highest BCUT2D eigenvalue weighted by Crippen LogP contribution is 2.32. The van der Waals surface area contributed by atoms with Crippen LogP contribution < -0.4 is 11.2 Å². The summed E-state index contributed by atoms with van der Waals surface area (Å²) in [5.74, 6) is 6.99. The third-order valence-electron chi connectivity index (χ3n) is 4.77. The van der Waals surface area contributed by atoms with Crippen molar-refractivity contribution in [2.75, 3.05) is 23.5 Å². The Hall–Kier alpha value is -2.14. The van der Waals surface area contributed by atoms with E-state index < -0.39 is 5.97 Å². The fourth-order valence-electron chi connectivity index (χ4n) is 3.26. The molecule has 2 heterocycles. The molecule has 11 heteroatoms. The second-order valence-electron chi connectivity index (χ2n) is 7.81. The van der Waals surface area contributed by atoms with Crippen molar-refractivity contribution in [1.82, 2.24) is 19.9 Å². The van der Waals surface area contributed by atoms with Gasteiger partial charge in [0.15, 0.2) is 11.0 Å². The van der Waals surface area contributed by atoms with E-state index >= 15 is 0 Å². The highest BCUT2D eigenvalue weighted by molar-refractivity contribution is 7.99. The Labute approximate surface area is 184 Å². The maximum absolute atomic E-state index is 12.3. The molecule has 1 fully saturated rings. The topological polar surface area (TPSA) is 125 Å². The minimum atomic E-state index is -0.417. The summed E-state index contributed by atoms with van der Waals surface area (Å²) in [6.45, 7) is 6.00. The molecule has 0 aromatic carbocycles. The average molecular weight is 453 g/mol. The van der Waals surface area contributed by atoms with Crippen LogP contribution in [0.1, 0.15) is 73.1 Å². The number of rotatable bonds is 8. The summed E-state index contributed by atoms with van der Waals surface area (Å²) in [5.41, 5.74) is 0.538. The normalized spacial score (nSPS) is 14.8. The fraction of sp³-hybridized carbons (Fsp3) is 0.632. The smallest absolute Gasteiger partial charge is 0.350 e. The first-order chi connectivity index (χ1) is 14.3. The SMILES string of the molecule is Cc1nc(NC(=O)CSc2nnc(C3CCCCC3)n2N)sc1C(=O)OCC(C)C. The number of aryl methyl sites for hydroxylation is 1. The number of amides is 1. The van der Waals surface area contributed by atoms with Crippen molar-refractivity contribution in [3.05, 3.63) is 16.4 Å². The van der Waals surface area contributed by atoms with E-state index in [4.69, 9.17) is 10.6 Å². The molecule has 164 valence electrons. The Morgan fingerprint density at radius 2 is 2.03 bits per heavy atom. The van der Waals surface area contributed by atoms with Gasteiger partial charge in [-0.05, 0) is 25.7 Å². The van der Waals surface area contributed by atoms with E-state index in [9.17, 15) is 9.59 Å². The largest absolute Gasteiger partial charge is 0.461 e. The zero-order valence-corrected chi connectivity index (χ0v) is 19.1. The molecule has 0 radical (unpaired) electrons. The monoisotopic (exact) mass is 452 g/mol. The molecule has 0 spiro atoms. The highest BCUT2D eigenvalue weighted by atomic mass is 32.2. The standard InChI is InChI=1S/C19H28N6O3S2/c1-11(2)9-28-17(27)15-12(3)21-18(30-15)22-14(26)10-29-19-24-23-16(25(19)20)13-7-5-4-6-8-13/h11,13H,4-10,20H2,1-3H3,(H,21,22,26). The zero-order chi connectivity index (χ0) is 21.7. The first kappa shape index (κ1) is 22.5. The molecule has 0 atom stereocenters. The van der Waals surface area contributed by atoms with Crippen LogP contribution in [-0.2, 0) is 9.53 Å². The van der Waals surface area contributed by atoms with Gasteiger partial charge in [0.1, 0.15) is 4.88 Å². The maximum Gasteiger partial charge on any atom is 0.350 e. The van der Waals surface area contributed by atoms with Crippen LogP contribution >= 0.6 is 23.1 Å². The third-order valence-corrected chi connectivity index (χ3v) is 6.77. The van der Waals surface area contributed by atoms with Crippen LogP contribution in [0, 0.1) is 12.8 Å². The van der Waals surface area contributed by atoms with Gasteiger partial charge < -0.3 is 15.9 Å². The van der Waals surface area contributed by atoms with Gasteiger partial charge in [0.2, 0.25) is 11.1 Å². The molecular weight excluding hydrogens is 424 g/mol. The number of nitrogens with one attached hydrogen (secondary N) is 1. The van der Waals surface area contributed by atoms with Gasteiger partial charge in [-0.2, -0.15) is 0 Å². The number of thioether (sulfide) groups is 1. The summed E-state index contributed by atoms with van der Waals surface area (Å²) in [4.78, 5) is 29.1. The number of ether oxygens (including phenoxy) is 1. The lowest BCUT2D eigenvalue weighted by atomic mass is 9.89. The van der Waals surface area contributed by atoms with Crippen LogP contribution in [-0.4, -0.2) is 44.1 Å². The number of hydrogen-bond donors (Lipinski definition) is 2. The van der Waals surface area contributed by atoms with Gasteiger partial charge in [-0.15, -0.1) is 10.2 Å². The number of nitrogen functional groups attached to an aromatic ring is 1. The van der Waals surface area contributed by atoms with E-state index in [2.05, 4.69) is 20.5 Å². The van der Waals surface area contributed by atoms with Gasteiger partial charge in [-0.1, -0.05) is 56.2 Å². The van der Waals surface area contributed by atoms with Gasteiger partial charge in [-0.25, -0.2) is 14.5 Å². The molecule has 1 aliphatic rings. The molecule has 0 bridgehead atoms. The molecule has 1 amide bonds. The average Bonchev–Trinajstić information content (AvgIpc) is 3.27. The van der Waals surface area contributed by atoms with Crippen LogP contribution in [0.3, 0.4) is 0 Å². The fourth-order valence-corrected chi connectivity index (χ4v) is 4.80. The molecule has 0 saturated heterocycles. The first-order valence-corrected chi connectivity index (χ1v) is 11.9. The van der Waals surface area contributed by atoms with E-state index in [1.54, 1.807) is 6.92 Å². The molecule has 3 rings (SSSR count). The predicted octanol–water partition coefficient (Wildman–Crippen LogP) is 3.35. The van der Waals surface area contributed by atoms with Crippen LogP contribution in [0.15, 0.2) is 5.16 Å². The van der Waals surface area contributed by atoms with Gasteiger partial charge in [0, 0.05) is 5.92 Å². The quantitative estimate of drug-likeness (QED) is 0.355. The minimum Gasteiger partial charge on any atom is -0.461 e. The van der Waals surface area contributed by atoms with Crippen molar-refractivity contribution < 1.29 is 14.3 Å². The molecule has 2 aromatic heterocycles. The van der Waals surface area contributed by atoms with Crippen molar-refractivity contribution >= 4 is 40.1 Å². The van der Waals surface area contributed by atoms with Gasteiger partial charge >= 0.3 is 5.97 Å². The first-order valence-electron chi connectivity index (χ1n) is 10.1. The van der Waals surface area contributed by atoms with E-state index in [1.807, 2.05) is 13.8 Å². The van der Waals surface area contributed by atoms with E-state index in [-0.39, 0.29) is 17.6 Å². The Kier molecular flexibility index (Phi) is 7.70. The molecule has 9 nitrogen and oxygen atoms in total. The number of aromatic nitrogens is 4. The highest BCUT2D eigenvalue weighted by Gasteiger charge is 2.23. The number of esters is 1. The van der Waals surface area contributed by atoms with E-state index in [1.165, 1.54) is 35.7 Å². The Morgan fingerprint density at radius 3 is 2.73 bits per heavy atom. The van der Waals surface area contributed by atoms with Crippen LogP contribution in [0.4, 0.5) is 5.13 Å². The summed E-state index contributed by atoms with van der Waals surface area (Å²) >= 11 is 2.34. The van der Waals surface area contributed by atoms with Gasteiger partial charge in [0.25, 0.3) is 0 Å². The molecule has 3 N–H and O–H groups in total. The van der Waals surface area contributed by atoms with Gasteiger partial charge in [0.05, 0.1) is 18.1 Å². The van der Waals surface area contributed by atoms with Gasteiger partial charge in [-0.3, -0.25) is 4.79 Å². The van der Waals surface area contributed by atoms with Crippen molar-refractivity contribution in [2.45, 2.75) is 63.9 Å². The number of carbonyl (C=O) groups excluding carboxylic acids is 2. The number of hydrogen-bond acceptors (Lipinski definition) is 9. The number of carbonyl (C=O) groups is 2. The van der Waals surface area contributed by atoms with Crippen molar-refractivity contribution in [3.8, 4) is 0 Å². The molecule has 0 unspecified atom stereocenters. The number of nitrogens with zero attached hydrogens (tertiary/aromatic N) is 4. The predicted molar refractivity (Wildman–Crippen MR) is 117 cm³/mol. The number of thiazole rings is 1. The molecular formula is C19H28N6O3S2. The lowest BCUT2D eigenvalue weighted by Crippen LogP contribution is -2.19. The lowest BCUT2D eigenvalue weighted by Gasteiger charge is -2.20. The minimum absolute atomic E-state index is 0.117. The maximum atomic E-state index is 12.3. The van der Waals surface area contributed by atoms with Crippen molar-refractivity contribution in [2.24, 2.45) is 5.92 Å². The number of anilines is 1. The summed E-state index contributed by atoms with van der Waals surface area (Å²) in [6.07, 6.45) is 5.77. The summed E-state index contributed by atoms with van der Waals surface area (Å²) in [7, 11) is 0. The van der Waals surface area contributed by atoms with E-state index in [0.717, 1.165) is 30.0 Å². The Morgan fingerprint density at radius 1 is 1.30 bits per heavy atom. The summed E-state index contributed by atoms with van der Waals surface area (Å²) in [6, 6.07) is 0. The second kappa shape index (κ2) is 10.3. The summed E-state index contributed by atoms with van der Waals surface area (Å²) in [5, 5.41) is 12.0. The van der Waals surface area contributed by atoms with E-state index in [0.29, 0.717) is 33.4 Å². The van der Waals surface area contributed by atoms with Crippen molar-refractivity contribution in [3.63, 3.8) is 0 Å². The summed E-state index contributed by atoms with van der Waals surface area (Å²) < 4.78 is 6.75. The molecule has 2 aromatic rings. The lowest BCUT2D eigenvalue weighted by molar-refractivity contribution is -0.113. The van der Waals surface area contributed by atoms with Crippen molar-refractivity contribution in [1.29, 1.82) is 0 Å². The molecule has 0 aliphatic heterocycles. The molecule has 1 saturated carbocycles.